The van der Waals surface area contributed by atoms with E-state index in [4.69, 9.17) is 0 Å². The average Bonchev–Trinajstić information content (AvgIpc) is 3.64. The number of hydrogen-bond donors (Lipinski definition) is 0. The average molecular weight is 553 g/mol. The molecule has 1 saturated heterocycles. The van der Waals surface area contributed by atoms with Crippen molar-refractivity contribution in [3.8, 4) is 11.8 Å². The Hall–Kier alpha value is -4.05. The molecule has 0 amide bonds. The van der Waals surface area contributed by atoms with Crippen LogP contribution in [0.1, 0.15) is 24.1 Å². The molecule has 0 radical (unpaired) electrons. The summed E-state index contributed by atoms with van der Waals surface area (Å²) in [5, 5.41) is 15.2. The third kappa shape index (κ3) is 5.45. The van der Waals surface area contributed by atoms with Crippen LogP contribution in [0.2, 0.25) is 0 Å². The van der Waals surface area contributed by atoms with Gasteiger partial charge in [-0.1, -0.05) is 53.9 Å². The maximum atomic E-state index is 13.5. The zero-order valence-electron chi connectivity index (χ0n) is 20.5. The van der Waals surface area contributed by atoms with E-state index >= 15 is 0 Å². The number of nitro benzene ring substituents is 1. The fourth-order valence-electron chi connectivity index (χ4n) is 3.85. The van der Waals surface area contributed by atoms with Crippen LogP contribution in [-0.4, -0.2) is 49.3 Å². The summed E-state index contributed by atoms with van der Waals surface area (Å²) in [6, 6.07) is 18.3. The molecule has 10 nitrogen and oxygen atoms in total. The second-order valence-electron chi connectivity index (χ2n) is 8.42. The number of hydrazone groups is 1. The highest BCUT2D eigenvalue weighted by Crippen LogP contribution is 2.47. The van der Waals surface area contributed by atoms with Gasteiger partial charge >= 0.3 is 0 Å². The molecule has 38 heavy (non-hydrogen) atoms. The summed E-state index contributed by atoms with van der Waals surface area (Å²) in [6.45, 7) is 3.19. The Balaban J connectivity index is 1.70. The molecular weight excluding hydrogens is 528 g/mol. The van der Waals surface area contributed by atoms with E-state index in [-0.39, 0.29) is 22.0 Å². The number of benzene rings is 3. The predicted molar refractivity (Wildman–Crippen MR) is 142 cm³/mol. The molecule has 1 unspecified atom stereocenters. The highest BCUT2D eigenvalue weighted by molar-refractivity contribution is 7.89. The lowest BCUT2D eigenvalue weighted by atomic mass is 10.1. The summed E-state index contributed by atoms with van der Waals surface area (Å²) in [4.78, 5) is 10.3. The first-order chi connectivity index (χ1) is 18.1. The van der Waals surface area contributed by atoms with Gasteiger partial charge in [-0.3, -0.25) is 10.1 Å². The van der Waals surface area contributed by atoms with E-state index in [1.807, 2.05) is 6.92 Å². The van der Waals surface area contributed by atoms with Crippen LogP contribution < -0.4 is 0 Å². The van der Waals surface area contributed by atoms with E-state index in [9.17, 15) is 26.9 Å². The summed E-state index contributed by atoms with van der Waals surface area (Å²) in [5.74, 6) is 5.35. The van der Waals surface area contributed by atoms with Crippen molar-refractivity contribution in [2.75, 3.05) is 6.54 Å². The molecule has 3 aromatic carbocycles. The summed E-state index contributed by atoms with van der Waals surface area (Å²) in [6.07, 6.45) is 1.28. The van der Waals surface area contributed by atoms with Crippen molar-refractivity contribution >= 4 is 31.9 Å². The van der Waals surface area contributed by atoms with Gasteiger partial charge in [-0.25, -0.2) is 8.42 Å². The van der Waals surface area contributed by atoms with E-state index in [1.54, 1.807) is 49.4 Å². The van der Waals surface area contributed by atoms with Gasteiger partial charge in [0.15, 0.2) is 0 Å². The molecule has 1 aliphatic heterocycles. The van der Waals surface area contributed by atoms with E-state index < -0.39 is 37.1 Å². The van der Waals surface area contributed by atoms with E-state index in [0.29, 0.717) is 5.56 Å². The molecule has 0 aromatic heterocycles. The Morgan fingerprint density at radius 2 is 1.58 bits per heavy atom. The van der Waals surface area contributed by atoms with Gasteiger partial charge in [0.1, 0.15) is 6.54 Å². The number of nitrogens with zero attached hydrogens (tertiary/aromatic N) is 4. The van der Waals surface area contributed by atoms with Crippen molar-refractivity contribution < 1.29 is 21.8 Å². The Kier molecular flexibility index (Phi) is 7.63. The largest absolute Gasteiger partial charge is 0.279 e. The molecule has 4 rings (SSSR count). The summed E-state index contributed by atoms with van der Waals surface area (Å²) in [5.41, 5.74) is 1.35. The van der Waals surface area contributed by atoms with E-state index in [0.717, 1.165) is 22.1 Å². The lowest BCUT2D eigenvalue weighted by molar-refractivity contribution is -0.384. The van der Waals surface area contributed by atoms with Crippen molar-refractivity contribution in [2.24, 2.45) is 5.10 Å². The smallest absolute Gasteiger partial charge is 0.258 e. The Morgan fingerprint density at radius 3 is 2.16 bits per heavy atom. The maximum absolute atomic E-state index is 13.5. The highest BCUT2D eigenvalue weighted by Gasteiger charge is 2.55. The number of sulfonamides is 2. The summed E-state index contributed by atoms with van der Waals surface area (Å²) >= 11 is 0. The maximum Gasteiger partial charge on any atom is 0.279 e. The van der Waals surface area contributed by atoms with Gasteiger partial charge in [0.2, 0.25) is 10.0 Å². The molecule has 1 fully saturated rings. The second kappa shape index (κ2) is 10.7. The van der Waals surface area contributed by atoms with Crippen molar-refractivity contribution in [3.63, 3.8) is 0 Å². The van der Waals surface area contributed by atoms with Crippen LogP contribution in [-0.2, 0) is 20.0 Å². The van der Waals surface area contributed by atoms with Gasteiger partial charge in [-0.15, -0.1) is 5.92 Å². The van der Waals surface area contributed by atoms with Gasteiger partial charge in [0, 0.05) is 18.3 Å². The molecule has 196 valence electrons. The molecule has 3 aromatic rings. The minimum atomic E-state index is -4.09. The second-order valence-corrected chi connectivity index (χ2v) is 12.1. The van der Waals surface area contributed by atoms with Gasteiger partial charge in [-0.2, -0.15) is 22.2 Å². The lowest BCUT2D eigenvalue weighted by Gasteiger charge is -2.16. The summed E-state index contributed by atoms with van der Waals surface area (Å²) in [7, 11) is -8.15. The molecule has 0 spiro atoms. The zero-order valence-corrected chi connectivity index (χ0v) is 22.1. The molecule has 3 atom stereocenters. The normalized spacial score (nSPS) is 18.9. The van der Waals surface area contributed by atoms with Crippen LogP contribution in [0.15, 0.2) is 93.8 Å². The Labute approximate surface area is 221 Å². The lowest BCUT2D eigenvalue weighted by Crippen LogP contribution is -2.27. The number of hydrogen-bond acceptors (Lipinski definition) is 7. The number of rotatable bonds is 9. The first-order valence-corrected chi connectivity index (χ1v) is 14.3. The van der Waals surface area contributed by atoms with Gasteiger partial charge < -0.3 is 0 Å². The molecule has 1 aliphatic rings. The third-order valence-electron chi connectivity index (χ3n) is 5.90. The van der Waals surface area contributed by atoms with Crippen LogP contribution in [0.3, 0.4) is 0 Å². The highest BCUT2D eigenvalue weighted by atomic mass is 32.2. The Morgan fingerprint density at radius 1 is 0.974 bits per heavy atom. The first kappa shape index (κ1) is 27.0. The van der Waals surface area contributed by atoms with Crippen molar-refractivity contribution in [1.82, 2.24) is 8.72 Å². The van der Waals surface area contributed by atoms with Gasteiger partial charge in [-0.05, 0) is 43.7 Å². The van der Waals surface area contributed by atoms with Gasteiger partial charge in [0.25, 0.3) is 15.7 Å². The fraction of sp³-hybridized carbons (Fsp3) is 0.192. The van der Waals surface area contributed by atoms with Gasteiger partial charge in [0.05, 0.1) is 26.8 Å². The topological polar surface area (TPSA) is 130 Å². The monoisotopic (exact) mass is 552 g/mol. The van der Waals surface area contributed by atoms with Crippen molar-refractivity contribution in [2.45, 2.75) is 35.7 Å². The van der Waals surface area contributed by atoms with Crippen molar-refractivity contribution in [3.05, 3.63) is 100 Å². The molecular formula is C26H24N4O6S2. The number of aryl methyl sites for hydroxylation is 1. The number of non-ortho nitro benzene ring substituents is 1. The van der Waals surface area contributed by atoms with Crippen LogP contribution >= 0.6 is 0 Å². The SMILES string of the molecule is CC#CCN(/N=C/[C@@H]1[C@@H](c2ccccc2)N1S(=O)(=O)c1ccc([N+](=O)[O-])cc1)S(=O)(=O)c1ccc(C)cc1. The summed E-state index contributed by atoms with van der Waals surface area (Å²) < 4.78 is 55.5. The van der Waals surface area contributed by atoms with Crippen LogP contribution in [0.25, 0.3) is 0 Å². The molecule has 1 heterocycles. The quantitative estimate of drug-likeness (QED) is 0.131. The van der Waals surface area contributed by atoms with Crippen LogP contribution in [0.5, 0.6) is 0 Å². The third-order valence-corrected chi connectivity index (χ3v) is 9.44. The molecule has 0 saturated carbocycles. The molecule has 0 bridgehead atoms. The standard InChI is InChI=1S/C26H24N4O6S2/c1-3-4-18-28(37(33,34)23-14-10-20(2)11-15-23)27-19-25-26(21-8-6-5-7-9-21)29(25)38(35,36)24-16-12-22(13-17-24)30(31)32/h5-17,19,25-26H,18H2,1-2H3/b27-19+/t25-,26-,29?/m1/s1. The van der Waals surface area contributed by atoms with Crippen LogP contribution in [0.4, 0.5) is 5.69 Å². The van der Waals surface area contributed by atoms with E-state index in [1.165, 1.54) is 34.8 Å². The van der Waals surface area contributed by atoms with E-state index in [2.05, 4.69) is 16.9 Å². The zero-order chi connectivity index (χ0) is 27.5. The molecule has 12 heteroatoms. The minimum Gasteiger partial charge on any atom is -0.258 e. The van der Waals surface area contributed by atoms with Crippen molar-refractivity contribution in [1.29, 1.82) is 0 Å². The van der Waals surface area contributed by atoms with Crippen LogP contribution in [0, 0.1) is 28.9 Å². The predicted octanol–water partition coefficient (Wildman–Crippen LogP) is 3.72. The number of nitro groups is 1. The fourth-order valence-corrected chi connectivity index (χ4v) is 6.69. The molecule has 0 aliphatic carbocycles. The Bertz CT molecular complexity index is 1630. The minimum absolute atomic E-state index is 0.0314. The first-order valence-electron chi connectivity index (χ1n) is 11.4. The molecule has 0 N–H and O–H groups in total.